The SMILES string of the molecule is CCCS(=O)(=O)N[C@H]1C[C@@H](c2nc(C)no2)N(C)C1. The van der Waals surface area contributed by atoms with E-state index in [0.717, 1.165) is 0 Å². The van der Waals surface area contributed by atoms with E-state index in [1.165, 1.54) is 0 Å². The summed E-state index contributed by atoms with van der Waals surface area (Å²) >= 11 is 0. The van der Waals surface area contributed by atoms with E-state index in [0.29, 0.717) is 31.1 Å². The summed E-state index contributed by atoms with van der Waals surface area (Å²) in [5, 5.41) is 3.77. The van der Waals surface area contributed by atoms with Gasteiger partial charge in [-0.1, -0.05) is 12.1 Å². The maximum Gasteiger partial charge on any atom is 0.244 e. The molecule has 8 heteroatoms. The molecule has 0 bridgehead atoms. The summed E-state index contributed by atoms with van der Waals surface area (Å²) < 4.78 is 31.4. The van der Waals surface area contributed by atoms with Gasteiger partial charge in [0, 0.05) is 12.6 Å². The Kier molecular flexibility index (Phi) is 4.22. The Balaban J connectivity index is 2.01. The monoisotopic (exact) mass is 288 g/mol. The Bertz CT molecular complexity index is 528. The molecule has 1 N–H and O–H groups in total. The Labute approximate surface area is 113 Å². The van der Waals surface area contributed by atoms with Crippen LogP contribution in [0.4, 0.5) is 0 Å². The lowest BCUT2D eigenvalue weighted by Crippen LogP contribution is -2.37. The molecule has 0 aliphatic carbocycles. The van der Waals surface area contributed by atoms with Gasteiger partial charge in [0.15, 0.2) is 5.82 Å². The Morgan fingerprint density at radius 3 is 2.84 bits per heavy atom. The molecular formula is C11H20N4O3S. The highest BCUT2D eigenvalue weighted by Gasteiger charge is 2.35. The number of nitrogens with zero attached hydrogens (tertiary/aromatic N) is 3. The van der Waals surface area contributed by atoms with Gasteiger partial charge in [0.05, 0.1) is 11.8 Å². The fourth-order valence-corrected chi connectivity index (χ4v) is 3.74. The number of nitrogens with one attached hydrogen (secondary N) is 1. The first kappa shape index (κ1) is 14.4. The van der Waals surface area contributed by atoms with Crippen molar-refractivity contribution in [2.45, 2.75) is 38.8 Å². The van der Waals surface area contributed by atoms with Crippen LogP contribution in [0.2, 0.25) is 0 Å². The molecule has 1 saturated heterocycles. The highest BCUT2D eigenvalue weighted by molar-refractivity contribution is 7.89. The largest absolute Gasteiger partial charge is 0.338 e. The van der Waals surface area contributed by atoms with Gasteiger partial charge >= 0.3 is 0 Å². The summed E-state index contributed by atoms with van der Waals surface area (Å²) in [5.41, 5.74) is 0. The third kappa shape index (κ3) is 3.52. The van der Waals surface area contributed by atoms with Crippen LogP contribution < -0.4 is 4.72 Å². The van der Waals surface area contributed by atoms with Crippen molar-refractivity contribution in [2.24, 2.45) is 0 Å². The number of sulfonamides is 1. The molecule has 2 heterocycles. The van der Waals surface area contributed by atoms with Crippen molar-refractivity contribution in [2.75, 3.05) is 19.3 Å². The topological polar surface area (TPSA) is 88.3 Å². The lowest BCUT2D eigenvalue weighted by atomic mass is 10.2. The van der Waals surface area contributed by atoms with Crippen molar-refractivity contribution in [3.05, 3.63) is 11.7 Å². The van der Waals surface area contributed by atoms with Crippen LogP contribution in [0.3, 0.4) is 0 Å². The number of hydrogen-bond donors (Lipinski definition) is 1. The van der Waals surface area contributed by atoms with Gasteiger partial charge in [-0.2, -0.15) is 4.98 Å². The van der Waals surface area contributed by atoms with Crippen LogP contribution >= 0.6 is 0 Å². The van der Waals surface area contributed by atoms with Crippen LogP contribution in [0.25, 0.3) is 0 Å². The number of aryl methyl sites for hydroxylation is 1. The highest BCUT2D eigenvalue weighted by Crippen LogP contribution is 2.29. The Morgan fingerprint density at radius 2 is 2.26 bits per heavy atom. The van der Waals surface area contributed by atoms with Crippen molar-refractivity contribution in [3.63, 3.8) is 0 Å². The minimum Gasteiger partial charge on any atom is -0.338 e. The molecule has 0 aromatic carbocycles. The fraction of sp³-hybridized carbons (Fsp3) is 0.818. The molecule has 1 aliphatic rings. The van der Waals surface area contributed by atoms with Crippen LogP contribution in [0.1, 0.15) is 37.5 Å². The van der Waals surface area contributed by atoms with E-state index in [-0.39, 0.29) is 17.8 Å². The third-order valence-corrected chi connectivity index (χ3v) is 4.83. The Morgan fingerprint density at radius 1 is 1.53 bits per heavy atom. The number of likely N-dealkylation sites (tertiary alicyclic amines) is 1. The minimum absolute atomic E-state index is 0.0180. The van der Waals surface area contributed by atoms with Gasteiger partial charge in [-0.05, 0) is 26.8 Å². The van der Waals surface area contributed by atoms with Crippen LogP contribution in [0.15, 0.2) is 4.52 Å². The minimum atomic E-state index is -3.18. The molecule has 0 amide bonds. The normalized spacial score (nSPS) is 25.0. The Hall–Kier alpha value is -0.990. The van der Waals surface area contributed by atoms with Gasteiger partial charge in [0.25, 0.3) is 0 Å². The molecule has 1 aliphatic heterocycles. The summed E-state index contributed by atoms with van der Waals surface area (Å²) in [6.45, 7) is 4.27. The van der Waals surface area contributed by atoms with E-state index in [1.807, 2.05) is 18.9 Å². The maximum absolute atomic E-state index is 11.8. The molecule has 2 atom stereocenters. The zero-order valence-electron chi connectivity index (χ0n) is 11.5. The summed E-state index contributed by atoms with van der Waals surface area (Å²) in [6, 6.07) is -0.116. The summed E-state index contributed by atoms with van der Waals surface area (Å²) in [7, 11) is -1.25. The lowest BCUT2D eigenvalue weighted by Gasteiger charge is -2.14. The summed E-state index contributed by atoms with van der Waals surface area (Å²) in [6.07, 6.45) is 1.27. The van der Waals surface area contributed by atoms with Gasteiger partial charge in [0.1, 0.15) is 0 Å². The van der Waals surface area contributed by atoms with E-state index in [1.54, 1.807) is 6.92 Å². The molecule has 0 saturated carbocycles. The molecule has 108 valence electrons. The average molecular weight is 288 g/mol. The van der Waals surface area contributed by atoms with Crippen molar-refractivity contribution in [1.82, 2.24) is 19.8 Å². The van der Waals surface area contributed by atoms with Crippen LogP contribution in [0.5, 0.6) is 0 Å². The number of aromatic nitrogens is 2. The van der Waals surface area contributed by atoms with Crippen molar-refractivity contribution < 1.29 is 12.9 Å². The van der Waals surface area contributed by atoms with Crippen LogP contribution in [-0.4, -0.2) is 48.8 Å². The molecule has 0 unspecified atom stereocenters. The second kappa shape index (κ2) is 5.56. The van der Waals surface area contributed by atoms with Crippen molar-refractivity contribution in [3.8, 4) is 0 Å². The number of likely N-dealkylation sites (N-methyl/N-ethyl adjacent to an activating group) is 1. The molecule has 1 aromatic rings. The maximum atomic E-state index is 11.8. The van der Waals surface area contributed by atoms with Crippen LogP contribution in [0, 0.1) is 6.92 Å². The van der Waals surface area contributed by atoms with Crippen molar-refractivity contribution >= 4 is 10.0 Å². The number of rotatable bonds is 5. The molecular weight excluding hydrogens is 268 g/mol. The zero-order chi connectivity index (χ0) is 14.0. The smallest absolute Gasteiger partial charge is 0.244 e. The van der Waals surface area contributed by atoms with E-state index in [4.69, 9.17) is 4.52 Å². The van der Waals surface area contributed by atoms with Crippen molar-refractivity contribution in [1.29, 1.82) is 0 Å². The first-order valence-electron chi connectivity index (χ1n) is 6.41. The number of hydrogen-bond acceptors (Lipinski definition) is 6. The highest BCUT2D eigenvalue weighted by atomic mass is 32.2. The predicted octanol–water partition coefficient (Wildman–Crippen LogP) is 0.453. The zero-order valence-corrected chi connectivity index (χ0v) is 12.3. The quantitative estimate of drug-likeness (QED) is 0.846. The van der Waals surface area contributed by atoms with Gasteiger partial charge in [-0.3, -0.25) is 4.90 Å². The van der Waals surface area contributed by atoms with E-state index < -0.39 is 10.0 Å². The van der Waals surface area contributed by atoms with Gasteiger partial charge in [0.2, 0.25) is 15.9 Å². The summed E-state index contributed by atoms with van der Waals surface area (Å²) in [4.78, 5) is 6.25. The van der Waals surface area contributed by atoms with E-state index in [2.05, 4.69) is 14.9 Å². The van der Waals surface area contributed by atoms with Gasteiger partial charge in [-0.25, -0.2) is 13.1 Å². The second-order valence-electron chi connectivity index (χ2n) is 5.00. The third-order valence-electron chi connectivity index (χ3n) is 3.20. The molecule has 0 radical (unpaired) electrons. The second-order valence-corrected chi connectivity index (χ2v) is 6.88. The average Bonchev–Trinajstić information content (AvgIpc) is 2.84. The van der Waals surface area contributed by atoms with E-state index >= 15 is 0 Å². The molecule has 7 nitrogen and oxygen atoms in total. The lowest BCUT2D eigenvalue weighted by molar-refractivity contribution is 0.244. The van der Waals surface area contributed by atoms with Gasteiger partial charge in [-0.15, -0.1) is 0 Å². The van der Waals surface area contributed by atoms with Gasteiger partial charge < -0.3 is 4.52 Å². The molecule has 19 heavy (non-hydrogen) atoms. The van der Waals surface area contributed by atoms with Crippen LogP contribution in [-0.2, 0) is 10.0 Å². The fourth-order valence-electron chi connectivity index (χ4n) is 2.40. The predicted molar refractivity (Wildman–Crippen MR) is 70.0 cm³/mol. The molecule has 2 rings (SSSR count). The first-order chi connectivity index (χ1) is 8.91. The summed E-state index contributed by atoms with van der Waals surface area (Å²) in [5.74, 6) is 1.31. The molecule has 0 spiro atoms. The molecule has 1 aromatic heterocycles. The standard InChI is InChI=1S/C11H20N4O3S/c1-4-5-19(16,17)14-9-6-10(15(3)7-9)11-12-8(2)13-18-11/h9-10,14H,4-7H2,1-3H3/t9-,10-/m0/s1. The van der Waals surface area contributed by atoms with E-state index in [9.17, 15) is 8.42 Å². The molecule has 1 fully saturated rings. The first-order valence-corrected chi connectivity index (χ1v) is 8.07.